The first-order chi connectivity index (χ1) is 8.72. The summed E-state index contributed by atoms with van der Waals surface area (Å²) in [6.45, 7) is 4.75. The summed E-state index contributed by atoms with van der Waals surface area (Å²) < 4.78 is 0. The molecular formula is C16H21NO. The van der Waals surface area contributed by atoms with Gasteiger partial charge in [0.2, 0.25) is 0 Å². The zero-order valence-electron chi connectivity index (χ0n) is 11.0. The van der Waals surface area contributed by atoms with Crippen molar-refractivity contribution in [1.82, 2.24) is 4.90 Å². The van der Waals surface area contributed by atoms with E-state index in [4.69, 9.17) is 0 Å². The molecule has 96 valence electrons. The summed E-state index contributed by atoms with van der Waals surface area (Å²) in [5.41, 5.74) is 0.643. The van der Waals surface area contributed by atoms with Crippen LogP contribution in [0.25, 0.3) is 0 Å². The highest BCUT2D eigenvalue weighted by molar-refractivity contribution is 5.16. The van der Waals surface area contributed by atoms with Crippen LogP contribution >= 0.6 is 0 Å². The van der Waals surface area contributed by atoms with E-state index in [-0.39, 0.29) is 0 Å². The van der Waals surface area contributed by atoms with Gasteiger partial charge in [0.25, 0.3) is 0 Å². The fourth-order valence-electron chi connectivity index (χ4n) is 2.44. The highest BCUT2D eigenvalue weighted by Gasteiger charge is 2.29. The van der Waals surface area contributed by atoms with E-state index in [1.54, 1.807) is 6.92 Å². The smallest absolute Gasteiger partial charge is 0.127 e. The van der Waals surface area contributed by atoms with Crippen LogP contribution in [-0.2, 0) is 6.42 Å². The molecule has 1 saturated heterocycles. The van der Waals surface area contributed by atoms with Gasteiger partial charge >= 0.3 is 0 Å². The number of nitrogens with zero attached hydrogens (tertiary/aromatic N) is 1. The van der Waals surface area contributed by atoms with Crippen LogP contribution in [-0.4, -0.2) is 35.2 Å². The molecule has 1 heterocycles. The quantitative estimate of drug-likeness (QED) is 0.822. The maximum Gasteiger partial charge on any atom is 0.127 e. The number of hydrogen-bond acceptors (Lipinski definition) is 2. The topological polar surface area (TPSA) is 23.5 Å². The first-order valence-corrected chi connectivity index (χ1v) is 6.64. The second-order valence-corrected chi connectivity index (χ2v) is 4.98. The lowest BCUT2D eigenvalue weighted by atomic mass is 9.92. The molecule has 2 rings (SSSR count). The van der Waals surface area contributed by atoms with Crippen molar-refractivity contribution in [2.45, 2.75) is 31.8 Å². The summed E-state index contributed by atoms with van der Waals surface area (Å²) in [4.78, 5) is 2.42. The number of rotatable bonds is 3. The van der Waals surface area contributed by atoms with Gasteiger partial charge in [0.1, 0.15) is 5.60 Å². The third-order valence-electron chi connectivity index (χ3n) is 3.60. The molecule has 1 aromatic rings. The molecule has 1 aromatic carbocycles. The molecule has 0 radical (unpaired) electrons. The molecule has 1 aliphatic rings. The Balaban J connectivity index is 1.78. The lowest BCUT2D eigenvalue weighted by Crippen LogP contribution is -2.44. The van der Waals surface area contributed by atoms with Gasteiger partial charge in [0, 0.05) is 32.5 Å². The summed E-state index contributed by atoms with van der Waals surface area (Å²) >= 11 is 0. The minimum atomic E-state index is -0.738. The van der Waals surface area contributed by atoms with E-state index in [2.05, 4.69) is 41.0 Å². The lowest BCUT2D eigenvalue weighted by Gasteiger charge is -2.35. The second kappa shape index (κ2) is 6.04. The van der Waals surface area contributed by atoms with Gasteiger partial charge in [-0.3, -0.25) is 0 Å². The monoisotopic (exact) mass is 243 g/mol. The Morgan fingerprint density at radius 1 is 1.22 bits per heavy atom. The van der Waals surface area contributed by atoms with Crippen molar-refractivity contribution in [3.05, 3.63) is 35.9 Å². The Kier molecular flexibility index (Phi) is 4.41. The van der Waals surface area contributed by atoms with Gasteiger partial charge in [0.05, 0.1) is 0 Å². The molecule has 0 spiro atoms. The molecule has 0 atom stereocenters. The molecule has 18 heavy (non-hydrogen) atoms. The van der Waals surface area contributed by atoms with Gasteiger partial charge in [-0.25, -0.2) is 0 Å². The number of piperidine rings is 1. The third kappa shape index (κ3) is 3.60. The molecule has 2 heteroatoms. The van der Waals surface area contributed by atoms with Crippen molar-refractivity contribution >= 4 is 0 Å². The molecule has 0 unspecified atom stereocenters. The van der Waals surface area contributed by atoms with Gasteiger partial charge < -0.3 is 10.0 Å². The largest absolute Gasteiger partial charge is 0.378 e. The Morgan fingerprint density at radius 2 is 1.89 bits per heavy atom. The SMILES string of the molecule is CC#CC1(O)CCN(CCc2ccccc2)CC1. The van der Waals surface area contributed by atoms with Crippen molar-refractivity contribution in [2.75, 3.05) is 19.6 Å². The Hall–Kier alpha value is -1.30. The zero-order chi connectivity index (χ0) is 12.8. The van der Waals surface area contributed by atoms with Crippen molar-refractivity contribution in [2.24, 2.45) is 0 Å². The average molecular weight is 243 g/mol. The minimum Gasteiger partial charge on any atom is -0.378 e. The minimum absolute atomic E-state index is 0.738. The average Bonchev–Trinajstić information content (AvgIpc) is 2.40. The van der Waals surface area contributed by atoms with Crippen LogP contribution in [0.3, 0.4) is 0 Å². The highest BCUT2D eigenvalue weighted by Crippen LogP contribution is 2.21. The van der Waals surface area contributed by atoms with Gasteiger partial charge in [-0.1, -0.05) is 36.3 Å². The Labute approximate surface area is 110 Å². The van der Waals surface area contributed by atoms with Crippen LogP contribution in [0, 0.1) is 11.8 Å². The standard InChI is InChI=1S/C16H21NO/c1-2-9-16(18)10-13-17(14-11-16)12-8-15-6-4-3-5-7-15/h3-7,18H,8,10-14H2,1H3. The van der Waals surface area contributed by atoms with Crippen LogP contribution in [0.1, 0.15) is 25.3 Å². The normalized spacial score (nSPS) is 19.0. The molecular weight excluding hydrogens is 222 g/mol. The van der Waals surface area contributed by atoms with Gasteiger partial charge in [-0.15, -0.1) is 5.92 Å². The fraction of sp³-hybridized carbons (Fsp3) is 0.500. The molecule has 1 aliphatic heterocycles. The van der Waals surface area contributed by atoms with Crippen LogP contribution in [0.4, 0.5) is 0 Å². The molecule has 0 bridgehead atoms. The third-order valence-corrected chi connectivity index (χ3v) is 3.60. The van der Waals surface area contributed by atoms with E-state index in [0.717, 1.165) is 38.9 Å². The first-order valence-electron chi connectivity index (χ1n) is 6.64. The summed E-state index contributed by atoms with van der Waals surface area (Å²) in [6.07, 6.45) is 2.62. The van der Waals surface area contributed by atoms with Crippen molar-refractivity contribution in [3.8, 4) is 11.8 Å². The number of aliphatic hydroxyl groups is 1. The van der Waals surface area contributed by atoms with Crippen molar-refractivity contribution in [3.63, 3.8) is 0 Å². The zero-order valence-corrected chi connectivity index (χ0v) is 11.0. The van der Waals surface area contributed by atoms with E-state index in [0.29, 0.717) is 0 Å². The summed E-state index contributed by atoms with van der Waals surface area (Å²) in [7, 11) is 0. The number of likely N-dealkylation sites (tertiary alicyclic amines) is 1. The molecule has 1 fully saturated rings. The van der Waals surface area contributed by atoms with Gasteiger partial charge in [-0.05, 0) is 18.9 Å². The summed E-state index contributed by atoms with van der Waals surface area (Å²) in [6, 6.07) is 10.6. The lowest BCUT2D eigenvalue weighted by molar-refractivity contribution is 0.0275. The maximum atomic E-state index is 10.2. The Morgan fingerprint density at radius 3 is 2.50 bits per heavy atom. The van der Waals surface area contributed by atoms with E-state index < -0.39 is 5.60 Å². The van der Waals surface area contributed by atoms with Crippen molar-refractivity contribution in [1.29, 1.82) is 0 Å². The summed E-state index contributed by atoms with van der Waals surface area (Å²) in [5.74, 6) is 5.77. The predicted molar refractivity (Wildman–Crippen MR) is 74.2 cm³/mol. The highest BCUT2D eigenvalue weighted by atomic mass is 16.3. The van der Waals surface area contributed by atoms with Gasteiger partial charge in [0.15, 0.2) is 0 Å². The predicted octanol–water partition coefficient (Wildman–Crippen LogP) is 2.08. The van der Waals surface area contributed by atoms with E-state index in [1.165, 1.54) is 5.56 Å². The van der Waals surface area contributed by atoms with E-state index >= 15 is 0 Å². The second-order valence-electron chi connectivity index (χ2n) is 4.98. The summed E-state index contributed by atoms with van der Waals surface area (Å²) in [5, 5.41) is 10.2. The molecule has 0 amide bonds. The van der Waals surface area contributed by atoms with Crippen LogP contribution in [0.15, 0.2) is 30.3 Å². The van der Waals surface area contributed by atoms with Crippen molar-refractivity contribution < 1.29 is 5.11 Å². The van der Waals surface area contributed by atoms with E-state index in [1.807, 2.05) is 6.07 Å². The van der Waals surface area contributed by atoms with E-state index in [9.17, 15) is 5.11 Å². The molecule has 2 nitrogen and oxygen atoms in total. The van der Waals surface area contributed by atoms with Crippen LogP contribution in [0.5, 0.6) is 0 Å². The molecule has 0 saturated carbocycles. The number of hydrogen-bond donors (Lipinski definition) is 1. The molecule has 0 aliphatic carbocycles. The Bertz CT molecular complexity index is 421. The van der Waals surface area contributed by atoms with Gasteiger partial charge in [-0.2, -0.15) is 0 Å². The fourth-order valence-corrected chi connectivity index (χ4v) is 2.44. The molecule has 1 N–H and O–H groups in total. The van der Waals surface area contributed by atoms with Crippen LogP contribution < -0.4 is 0 Å². The molecule has 0 aromatic heterocycles. The first kappa shape index (κ1) is 13.1. The maximum absolute atomic E-state index is 10.2. The van der Waals surface area contributed by atoms with Crippen LogP contribution in [0.2, 0.25) is 0 Å². The number of benzene rings is 1.